The van der Waals surface area contributed by atoms with E-state index in [4.69, 9.17) is 10.2 Å². The van der Waals surface area contributed by atoms with E-state index in [9.17, 15) is 19.8 Å². The van der Waals surface area contributed by atoms with Crippen LogP contribution in [0.3, 0.4) is 0 Å². The smallest absolute Gasteiger partial charge is 0.324 e. The van der Waals surface area contributed by atoms with Crippen molar-refractivity contribution in [3.05, 3.63) is 30.2 Å². The first-order valence-corrected chi connectivity index (χ1v) is 9.31. The van der Waals surface area contributed by atoms with E-state index in [-0.39, 0.29) is 0 Å². The molecule has 0 spiro atoms. The molecule has 2 aliphatic rings. The summed E-state index contributed by atoms with van der Waals surface area (Å²) in [5.74, 6) is -3.49. The Morgan fingerprint density at radius 3 is 2.37 bits per heavy atom. The zero-order valence-electron chi connectivity index (χ0n) is 15.6. The third-order valence-corrected chi connectivity index (χ3v) is 7.62. The molecule has 2 saturated carbocycles. The van der Waals surface area contributed by atoms with E-state index >= 15 is 0 Å². The van der Waals surface area contributed by atoms with Gasteiger partial charge in [0.15, 0.2) is 11.5 Å². The first kappa shape index (κ1) is 18.0. The van der Waals surface area contributed by atoms with E-state index in [1.54, 1.807) is 13.0 Å². The molecule has 144 valence electrons. The molecule has 7 nitrogen and oxygen atoms in total. The van der Waals surface area contributed by atoms with Gasteiger partial charge in [0, 0.05) is 16.7 Å². The number of oxazole rings is 1. The number of hydrogen-bond acceptors (Lipinski definition) is 5. The minimum Gasteiger partial charge on any atom is -0.481 e. The third kappa shape index (κ3) is 1.78. The Bertz CT molecular complexity index is 916. The van der Waals surface area contributed by atoms with E-state index in [0.29, 0.717) is 29.8 Å². The molecule has 0 aliphatic heterocycles. The minimum atomic E-state index is -1.68. The van der Waals surface area contributed by atoms with Crippen LogP contribution < -0.4 is 5.73 Å². The van der Waals surface area contributed by atoms with Crippen LogP contribution in [0.25, 0.3) is 11.1 Å². The molecule has 5 unspecified atom stereocenters. The van der Waals surface area contributed by atoms with Crippen LogP contribution in [0.5, 0.6) is 0 Å². The molecule has 2 aliphatic carbocycles. The standard InChI is InChI=1S/C20H24N2O5/c1-4-19(5-2)13(15-22-10-8-6-7-9-11(10)27-15)12-14(16(23)24)18(12,3)20(19,21)17(25)26/h6-9,12-14H,4-5,21H2,1-3H3,(H,23,24)(H,25,26). The highest BCUT2D eigenvalue weighted by Gasteiger charge is 2.89. The van der Waals surface area contributed by atoms with Crippen LogP contribution in [-0.4, -0.2) is 32.7 Å². The van der Waals surface area contributed by atoms with Gasteiger partial charge in [0.05, 0.1) is 5.92 Å². The molecule has 5 atom stereocenters. The average molecular weight is 372 g/mol. The molecule has 4 N–H and O–H groups in total. The van der Waals surface area contributed by atoms with Gasteiger partial charge in [-0.1, -0.05) is 32.9 Å². The fourth-order valence-corrected chi connectivity index (χ4v) is 6.23. The third-order valence-electron chi connectivity index (χ3n) is 7.62. The molecule has 7 heteroatoms. The molecule has 0 radical (unpaired) electrons. The Kier molecular flexibility index (Phi) is 3.54. The number of carboxylic acid groups (broad SMARTS) is 2. The summed E-state index contributed by atoms with van der Waals surface area (Å²) < 4.78 is 6.00. The molecule has 1 heterocycles. The first-order chi connectivity index (χ1) is 12.7. The number of fused-ring (bicyclic) bond motifs is 2. The maximum Gasteiger partial charge on any atom is 0.324 e. The minimum absolute atomic E-state index is 0.397. The number of nitrogens with two attached hydrogens (primary N) is 1. The molecule has 0 bridgehead atoms. The summed E-state index contributed by atoms with van der Waals surface area (Å²) >= 11 is 0. The fraction of sp³-hybridized carbons (Fsp3) is 0.550. The van der Waals surface area contributed by atoms with Gasteiger partial charge in [0.1, 0.15) is 11.1 Å². The van der Waals surface area contributed by atoms with Crippen molar-refractivity contribution < 1.29 is 24.2 Å². The van der Waals surface area contributed by atoms with Crippen LogP contribution in [0, 0.1) is 22.7 Å². The number of para-hydroxylation sites is 2. The van der Waals surface area contributed by atoms with Crippen LogP contribution in [-0.2, 0) is 9.59 Å². The number of hydrogen-bond donors (Lipinski definition) is 3. The van der Waals surface area contributed by atoms with E-state index < -0.39 is 46.1 Å². The van der Waals surface area contributed by atoms with Crippen molar-refractivity contribution >= 4 is 23.0 Å². The van der Waals surface area contributed by atoms with Gasteiger partial charge in [-0.3, -0.25) is 9.59 Å². The highest BCUT2D eigenvalue weighted by Crippen LogP contribution is 2.82. The van der Waals surface area contributed by atoms with Crippen molar-refractivity contribution in [2.75, 3.05) is 0 Å². The van der Waals surface area contributed by atoms with E-state index in [1.807, 2.05) is 32.0 Å². The fourth-order valence-electron chi connectivity index (χ4n) is 6.23. The molecular weight excluding hydrogens is 348 g/mol. The number of rotatable bonds is 5. The summed E-state index contributed by atoms with van der Waals surface area (Å²) in [5, 5.41) is 19.9. The normalized spacial score (nSPS) is 36.5. The summed E-state index contributed by atoms with van der Waals surface area (Å²) in [6, 6.07) is 7.31. The maximum absolute atomic E-state index is 12.4. The van der Waals surface area contributed by atoms with Gasteiger partial charge in [0.25, 0.3) is 0 Å². The van der Waals surface area contributed by atoms with Crippen molar-refractivity contribution in [3.63, 3.8) is 0 Å². The number of carboxylic acids is 2. The zero-order chi connectivity index (χ0) is 19.8. The molecule has 27 heavy (non-hydrogen) atoms. The van der Waals surface area contributed by atoms with Gasteiger partial charge in [-0.2, -0.15) is 0 Å². The Labute approximate surface area is 156 Å². The van der Waals surface area contributed by atoms with Crippen LogP contribution in [0.4, 0.5) is 0 Å². The summed E-state index contributed by atoms with van der Waals surface area (Å²) in [7, 11) is 0. The van der Waals surface area contributed by atoms with Crippen LogP contribution >= 0.6 is 0 Å². The number of aromatic nitrogens is 1. The van der Waals surface area contributed by atoms with Gasteiger partial charge in [-0.05, 0) is 30.9 Å². The van der Waals surface area contributed by atoms with Crippen LogP contribution in [0.2, 0.25) is 0 Å². The van der Waals surface area contributed by atoms with Gasteiger partial charge in [-0.15, -0.1) is 0 Å². The second-order valence-corrected chi connectivity index (χ2v) is 8.10. The van der Waals surface area contributed by atoms with E-state index in [0.717, 1.165) is 0 Å². The summed E-state index contributed by atoms with van der Waals surface area (Å²) in [4.78, 5) is 29.0. The highest BCUT2D eigenvalue weighted by atomic mass is 16.4. The predicted octanol–water partition coefficient (Wildman–Crippen LogP) is 2.85. The summed E-state index contributed by atoms with van der Waals surface area (Å²) in [5.41, 5.74) is 4.34. The van der Waals surface area contributed by atoms with Crippen molar-refractivity contribution in [1.82, 2.24) is 4.98 Å². The van der Waals surface area contributed by atoms with Crippen molar-refractivity contribution in [2.24, 2.45) is 28.4 Å². The molecule has 0 saturated heterocycles. The van der Waals surface area contributed by atoms with Crippen molar-refractivity contribution in [2.45, 2.75) is 45.1 Å². The monoisotopic (exact) mass is 372 g/mol. The topological polar surface area (TPSA) is 127 Å². The Morgan fingerprint density at radius 1 is 1.22 bits per heavy atom. The maximum atomic E-state index is 12.4. The van der Waals surface area contributed by atoms with Gasteiger partial charge < -0.3 is 20.4 Å². The molecule has 1 aromatic heterocycles. The molecule has 4 rings (SSSR count). The lowest BCUT2D eigenvalue weighted by Gasteiger charge is -2.47. The van der Waals surface area contributed by atoms with Gasteiger partial charge in [-0.25, -0.2) is 4.98 Å². The molecule has 0 amide bonds. The van der Waals surface area contributed by atoms with Crippen molar-refractivity contribution in [3.8, 4) is 0 Å². The molecule has 1 aromatic carbocycles. The average Bonchev–Trinajstić information content (AvgIpc) is 2.98. The lowest BCUT2D eigenvalue weighted by Crippen LogP contribution is -2.65. The molecule has 2 fully saturated rings. The zero-order valence-corrected chi connectivity index (χ0v) is 15.6. The predicted molar refractivity (Wildman–Crippen MR) is 97.0 cm³/mol. The SMILES string of the molecule is CCC1(CC)C(c2nc3ccccc3o2)C2C(C(=O)O)C2(C)C1(N)C(=O)O. The quantitative estimate of drug-likeness (QED) is 0.736. The highest BCUT2D eigenvalue weighted by molar-refractivity contribution is 5.89. The second kappa shape index (κ2) is 5.32. The van der Waals surface area contributed by atoms with Gasteiger partial charge >= 0.3 is 11.9 Å². The second-order valence-electron chi connectivity index (χ2n) is 8.10. The summed E-state index contributed by atoms with van der Waals surface area (Å²) in [6.07, 6.45) is 0.988. The Hall–Kier alpha value is -2.41. The van der Waals surface area contributed by atoms with E-state index in [2.05, 4.69) is 4.98 Å². The number of aliphatic carboxylic acids is 2. The first-order valence-electron chi connectivity index (χ1n) is 9.31. The lowest BCUT2D eigenvalue weighted by atomic mass is 9.57. The van der Waals surface area contributed by atoms with Crippen LogP contribution in [0.15, 0.2) is 28.7 Å². The van der Waals surface area contributed by atoms with E-state index in [1.165, 1.54) is 0 Å². The Balaban J connectivity index is 1.98. The summed E-state index contributed by atoms with van der Waals surface area (Å²) in [6.45, 7) is 5.52. The molecule has 2 aromatic rings. The number of benzene rings is 1. The Morgan fingerprint density at radius 2 is 1.85 bits per heavy atom. The number of carbonyl (C=O) groups is 2. The molecular formula is C20H24N2O5. The van der Waals surface area contributed by atoms with Gasteiger partial charge in [0.2, 0.25) is 0 Å². The lowest BCUT2D eigenvalue weighted by molar-refractivity contribution is -0.155. The van der Waals surface area contributed by atoms with Crippen LogP contribution in [0.1, 0.15) is 45.4 Å². The number of nitrogens with zero attached hydrogens (tertiary/aromatic N) is 1. The largest absolute Gasteiger partial charge is 0.481 e. The van der Waals surface area contributed by atoms with Crippen molar-refractivity contribution in [1.29, 1.82) is 0 Å².